The van der Waals surface area contributed by atoms with Crippen molar-refractivity contribution >= 4 is 11.6 Å². The highest BCUT2D eigenvalue weighted by Gasteiger charge is 2.11. The van der Waals surface area contributed by atoms with Gasteiger partial charge in [-0.25, -0.2) is 13.8 Å². The van der Waals surface area contributed by atoms with Gasteiger partial charge < -0.3 is 15.5 Å². The zero-order valence-electron chi connectivity index (χ0n) is 11.8. The van der Waals surface area contributed by atoms with Crippen molar-refractivity contribution < 1.29 is 8.78 Å². The first kappa shape index (κ1) is 15.6. The fourth-order valence-electron chi connectivity index (χ4n) is 1.75. The molecule has 1 rings (SSSR count). The smallest absolute Gasteiger partial charge is 0.168 e. The molecule has 0 aliphatic heterocycles. The lowest BCUT2D eigenvalue weighted by atomic mass is 10.4. The van der Waals surface area contributed by atoms with Crippen LogP contribution in [0.15, 0.2) is 6.07 Å². The van der Waals surface area contributed by atoms with Gasteiger partial charge in [-0.05, 0) is 20.0 Å². The molecule has 0 fully saturated rings. The quantitative estimate of drug-likeness (QED) is 0.763. The molecule has 0 aromatic carbocycles. The lowest BCUT2D eigenvalue weighted by Gasteiger charge is -2.18. The minimum absolute atomic E-state index is 0.0780. The molecule has 108 valence electrons. The van der Waals surface area contributed by atoms with Crippen molar-refractivity contribution in [3.63, 3.8) is 0 Å². The van der Waals surface area contributed by atoms with Crippen molar-refractivity contribution in [2.75, 3.05) is 43.4 Å². The van der Waals surface area contributed by atoms with Gasteiger partial charge in [-0.3, -0.25) is 0 Å². The Labute approximate surface area is 113 Å². The molecule has 19 heavy (non-hydrogen) atoms. The Balaban J connectivity index is 2.64. The van der Waals surface area contributed by atoms with Gasteiger partial charge in [0.1, 0.15) is 0 Å². The molecule has 0 radical (unpaired) electrons. The molecule has 0 aliphatic rings. The lowest BCUT2D eigenvalue weighted by molar-refractivity contribution is 0.315. The lowest BCUT2D eigenvalue weighted by Crippen LogP contribution is -2.29. The van der Waals surface area contributed by atoms with Crippen LogP contribution in [0.5, 0.6) is 0 Å². The summed E-state index contributed by atoms with van der Waals surface area (Å²) in [4.78, 5) is 6.13. The van der Waals surface area contributed by atoms with E-state index >= 15 is 0 Å². The van der Waals surface area contributed by atoms with Gasteiger partial charge >= 0.3 is 0 Å². The van der Waals surface area contributed by atoms with Gasteiger partial charge in [0, 0.05) is 25.7 Å². The number of nitrogens with zero attached hydrogens (tertiary/aromatic N) is 2. The van der Waals surface area contributed by atoms with Crippen molar-refractivity contribution in [1.82, 2.24) is 9.88 Å². The number of nitrogens with one attached hydrogen (secondary N) is 2. The molecular formula is C13H22F2N4. The monoisotopic (exact) mass is 272 g/mol. The summed E-state index contributed by atoms with van der Waals surface area (Å²) in [5, 5.41) is 5.67. The average Bonchev–Trinajstić information content (AvgIpc) is 2.39. The van der Waals surface area contributed by atoms with E-state index in [0.717, 1.165) is 25.7 Å². The van der Waals surface area contributed by atoms with E-state index in [9.17, 15) is 8.78 Å². The number of halogens is 2. The third-order valence-corrected chi connectivity index (χ3v) is 2.89. The molecule has 2 N–H and O–H groups in total. The number of anilines is 2. The molecule has 1 aromatic rings. The molecule has 1 aromatic heterocycles. The molecule has 1 heterocycles. The fraction of sp³-hybridized carbons (Fsp3) is 0.615. The highest BCUT2D eigenvalue weighted by molar-refractivity contribution is 5.47. The van der Waals surface area contributed by atoms with Crippen LogP contribution < -0.4 is 10.6 Å². The van der Waals surface area contributed by atoms with Crippen LogP contribution in [-0.4, -0.2) is 42.6 Å². The second kappa shape index (κ2) is 7.89. The van der Waals surface area contributed by atoms with Gasteiger partial charge in [-0.15, -0.1) is 0 Å². The molecule has 0 bridgehead atoms. The minimum atomic E-state index is -0.673. The standard InChI is InChI=1S/C13H22F2N4/c1-4-16-12-10(14)9-11(15)13(18-12)17-7-8-19(5-2)6-3/h9H,4-8H2,1-3H3,(H2,16,17,18). The van der Waals surface area contributed by atoms with Gasteiger partial charge in [-0.2, -0.15) is 0 Å². The van der Waals surface area contributed by atoms with E-state index in [2.05, 4.69) is 34.4 Å². The molecular weight excluding hydrogens is 250 g/mol. The third kappa shape index (κ3) is 4.63. The molecule has 0 saturated heterocycles. The predicted molar refractivity (Wildman–Crippen MR) is 74.6 cm³/mol. The predicted octanol–water partition coefficient (Wildman–Crippen LogP) is 2.55. The third-order valence-electron chi connectivity index (χ3n) is 2.89. The number of hydrogen-bond acceptors (Lipinski definition) is 4. The first-order valence-electron chi connectivity index (χ1n) is 6.68. The second-order valence-corrected chi connectivity index (χ2v) is 4.13. The summed E-state index contributed by atoms with van der Waals surface area (Å²) >= 11 is 0. The molecule has 6 heteroatoms. The molecule has 0 saturated carbocycles. The van der Waals surface area contributed by atoms with Gasteiger partial charge in [0.2, 0.25) is 0 Å². The van der Waals surface area contributed by atoms with E-state index < -0.39 is 11.6 Å². The van der Waals surface area contributed by atoms with Crippen molar-refractivity contribution in [1.29, 1.82) is 0 Å². The molecule has 4 nitrogen and oxygen atoms in total. The van der Waals surface area contributed by atoms with E-state index in [1.54, 1.807) is 0 Å². The van der Waals surface area contributed by atoms with Crippen LogP contribution in [0.4, 0.5) is 20.4 Å². The summed E-state index contributed by atoms with van der Waals surface area (Å²) in [5.41, 5.74) is 0. The van der Waals surface area contributed by atoms with E-state index in [-0.39, 0.29) is 11.6 Å². The maximum absolute atomic E-state index is 13.6. The van der Waals surface area contributed by atoms with Crippen molar-refractivity contribution in [3.8, 4) is 0 Å². The highest BCUT2D eigenvalue weighted by Crippen LogP contribution is 2.18. The topological polar surface area (TPSA) is 40.2 Å². The van der Waals surface area contributed by atoms with E-state index in [1.165, 1.54) is 0 Å². The first-order chi connectivity index (χ1) is 9.12. The number of hydrogen-bond donors (Lipinski definition) is 2. The van der Waals surface area contributed by atoms with E-state index in [4.69, 9.17) is 0 Å². The normalized spacial score (nSPS) is 10.8. The second-order valence-electron chi connectivity index (χ2n) is 4.13. The zero-order valence-corrected chi connectivity index (χ0v) is 11.8. The molecule has 0 atom stereocenters. The Morgan fingerprint density at radius 2 is 1.63 bits per heavy atom. The van der Waals surface area contributed by atoms with Crippen LogP contribution in [0.25, 0.3) is 0 Å². The maximum Gasteiger partial charge on any atom is 0.168 e. The SMILES string of the molecule is CCNc1nc(NCCN(CC)CC)c(F)cc1F. The molecule has 0 aliphatic carbocycles. The molecule has 0 spiro atoms. The largest absolute Gasteiger partial charge is 0.368 e. The van der Waals surface area contributed by atoms with Crippen molar-refractivity contribution in [2.45, 2.75) is 20.8 Å². The van der Waals surface area contributed by atoms with Crippen LogP contribution >= 0.6 is 0 Å². The van der Waals surface area contributed by atoms with Crippen LogP contribution in [-0.2, 0) is 0 Å². The first-order valence-corrected chi connectivity index (χ1v) is 6.68. The molecule has 0 amide bonds. The fourth-order valence-corrected chi connectivity index (χ4v) is 1.75. The number of aromatic nitrogens is 1. The molecule has 0 unspecified atom stereocenters. The Morgan fingerprint density at radius 1 is 1.05 bits per heavy atom. The summed E-state index contributed by atoms with van der Waals surface area (Å²) in [6.45, 7) is 9.77. The summed E-state index contributed by atoms with van der Waals surface area (Å²) in [6, 6.07) is 0.852. The van der Waals surface area contributed by atoms with Gasteiger partial charge in [0.05, 0.1) is 0 Å². The Kier molecular flexibility index (Phi) is 6.49. The number of pyridine rings is 1. The van der Waals surface area contributed by atoms with Gasteiger partial charge in [0.25, 0.3) is 0 Å². The van der Waals surface area contributed by atoms with Crippen LogP contribution in [0.3, 0.4) is 0 Å². The minimum Gasteiger partial charge on any atom is -0.368 e. The summed E-state index contributed by atoms with van der Waals surface area (Å²) in [6.07, 6.45) is 0. The van der Waals surface area contributed by atoms with E-state index in [0.29, 0.717) is 13.1 Å². The van der Waals surface area contributed by atoms with Gasteiger partial charge in [-0.1, -0.05) is 13.8 Å². The Bertz CT molecular complexity index is 394. The van der Waals surface area contributed by atoms with Crippen LogP contribution in [0.2, 0.25) is 0 Å². The number of likely N-dealkylation sites (N-methyl/N-ethyl adjacent to an activating group) is 1. The van der Waals surface area contributed by atoms with Crippen LogP contribution in [0, 0.1) is 11.6 Å². The van der Waals surface area contributed by atoms with E-state index in [1.807, 2.05) is 6.92 Å². The zero-order chi connectivity index (χ0) is 14.3. The summed E-state index contributed by atoms with van der Waals surface area (Å²) < 4.78 is 26.9. The maximum atomic E-state index is 13.6. The van der Waals surface area contributed by atoms with Crippen LogP contribution in [0.1, 0.15) is 20.8 Å². The number of rotatable bonds is 8. The van der Waals surface area contributed by atoms with Crippen molar-refractivity contribution in [2.24, 2.45) is 0 Å². The Morgan fingerprint density at radius 3 is 2.16 bits per heavy atom. The van der Waals surface area contributed by atoms with Crippen molar-refractivity contribution in [3.05, 3.63) is 17.7 Å². The van der Waals surface area contributed by atoms with Gasteiger partial charge in [0.15, 0.2) is 23.3 Å². The Hall–Kier alpha value is -1.43. The highest BCUT2D eigenvalue weighted by atomic mass is 19.1. The average molecular weight is 272 g/mol. The summed E-state index contributed by atoms with van der Waals surface area (Å²) in [7, 11) is 0. The summed E-state index contributed by atoms with van der Waals surface area (Å²) in [5.74, 6) is -1.17.